The fourth-order valence-electron chi connectivity index (χ4n) is 0. The molecule has 0 aromatic heterocycles. The standard InChI is InChI=1S/2CH3.3B.Ir.H2N/h2*1H3;;;;;1H2/q2*-1;;;;+3;-1. The molecule has 2 N–H and O–H groups in total. The molecule has 0 aliphatic heterocycles. The summed E-state index contributed by atoms with van der Waals surface area (Å²) >= 11 is 0. The maximum Gasteiger partial charge on any atom is 3.00 e. The molecular weight excluding hydrogens is 263 g/mol. The fraction of sp³-hybridized carbons (Fsp3) is 0. The Morgan fingerprint density at radius 2 is 0.571 bits per heavy atom. The predicted molar refractivity (Wildman–Crippen MR) is 35.4 cm³/mol. The smallest absolute Gasteiger partial charge is 0.693 e. The van der Waals surface area contributed by atoms with Gasteiger partial charge < -0.3 is 21.0 Å². The van der Waals surface area contributed by atoms with Crippen LogP contribution >= 0.6 is 0 Å². The van der Waals surface area contributed by atoms with Crippen molar-refractivity contribution >= 4 is 25.2 Å². The second-order valence-electron chi connectivity index (χ2n) is 0. The minimum Gasteiger partial charge on any atom is -0.693 e. The van der Waals surface area contributed by atoms with Crippen molar-refractivity contribution in [1.82, 2.24) is 0 Å². The summed E-state index contributed by atoms with van der Waals surface area (Å²) in [5, 5.41) is 0. The van der Waals surface area contributed by atoms with Gasteiger partial charge in [0.05, 0.1) is 0 Å². The Hall–Kier alpha value is 0.804. The van der Waals surface area contributed by atoms with Crippen LogP contribution in [-0.2, 0) is 20.1 Å². The van der Waals surface area contributed by atoms with Crippen LogP contribution in [0, 0.1) is 14.9 Å². The third-order valence-corrected chi connectivity index (χ3v) is 0. The summed E-state index contributed by atoms with van der Waals surface area (Å²) in [6, 6.07) is 0. The summed E-state index contributed by atoms with van der Waals surface area (Å²) in [5.74, 6) is 0. The van der Waals surface area contributed by atoms with Gasteiger partial charge >= 0.3 is 20.1 Å². The molecule has 1 nitrogen and oxygen atoms in total. The molecule has 0 atom stereocenters. The summed E-state index contributed by atoms with van der Waals surface area (Å²) in [5.41, 5.74) is 0. The normalized spacial score (nSPS) is 0. The SMILES string of the molecule is [B].[B].[B].[CH3-].[CH3-].[Ir+3].[NH2-]. The molecule has 0 aromatic carbocycles. The molecule has 0 fully saturated rings. The zero-order valence-corrected chi connectivity index (χ0v) is 7.04. The molecule has 0 saturated carbocycles. The van der Waals surface area contributed by atoms with Crippen molar-refractivity contribution in [2.24, 2.45) is 0 Å². The van der Waals surface area contributed by atoms with Crippen LogP contribution in [0.3, 0.4) is 0 Å². The largest absolute Gasteiger partial charge is 3.00 e. The Kier molecular flexibility index (Phi) is 28300. The Labute approximate surface area is 66.7 Å². The van der Waals surface area contributed by atoms with E-state index in [0.29, 0.717) is 0 Å². The van der Waals surface area contributed by atoms with Gasteiger partial charge in [0.2, 0.25) is 0 Å². The van der Waals surface area contributed by atoms with Gasteiger partial charge in [0, 0.05) is 25.2 Å². The van der Waals surface area contributed by atoms with E-state index in [0.717, 1.165) is 0 Å². The van der Waals surface area contributed by atoms with Crippen LogP contribution in [0.5, 0.6) is 0 Å². The number of hydrogen-bond donors (Lipinski definition) is 0. The molecule has 0 amide bonds. The van der Waals surface area contributed by atoms with Gasteiger partial charge in [-0.1, -0.05) is 0 Å². The first kappa shape index (κ1) is 559. The van der Waals surface area contributed by atoms with Gasteiger partial charge in [0.15, 0.2) is 0 Å². The summed E-state index contributed by atoms with van der Waals surface area (Å²) in [7, 11) is 0. The summed E-state index contributed by atoms with van der Waals surface area (Å²) in [6.45, 7) is 0. The average Bonchev–Trinajstić information content (AvgIpc) is 0. The van der Waals surface area contributed by atoms with Gasteiger partial charge in [-0.05, 0) is 0 Å². The Morgan fingerprint density at radius 1 is 0.571 bits per heavy atom. The Bertz CT molecular complexity index is 12.9. The van der Waals surface area contributed by atoms with Crippen molar-refractivity contribution in [2.45, 2.75) is 0 Å². The van der Waals surface area contributed by atoms with Crippen LogP contribution in [0.4, 0.5) is 0 Å². The Balaban J connectivity index is 0. The van der Waals surface area contributed by atoms with E-state index < -0.39 is 0 Å². The van der Waals surface area contributed by atoms with E-state index in [4.69, 9.17) is 0 Å². The van der Waals surface area contributed by atoms with Crippen LogP contribution in [-0.4, -0.2) is 25.2 Å². The van der Waals surface area contributed by atoms with E-state index in [2.05, 4.69) is 0 Å². The van der Waals surface area contributed by atoms with Gasteiger partial charge in [0.1, 0.15) is 0 Å². The van der Waals surface area contributed by atoms with Gasteiger partial charge in [-0.3, -0.25) is 0 Å². The second-order valence-corrected chi connectivity index (χ2v) is 0. The van der Waals surface area contributed by atoms with Crippen molar-refractivity contribution in [3.8, 4) is 0 Å². The number of rotatable bonds is 0. The first-order valence-corrected chi connectivity index (χ1v) is 0. The summed E-state index contributed by atoms with van der Waals surface area (Å²) in [6.07, 6.45) is 0. The van der Waals surface area contributed by atoms with E-state index in [-0.39, 0.29) is 66.3 Å². The molecule has 0 spiro atoms. The molecule has 0 heterocycles. The number of hydrogen-bond acceptors (Lipinski definition) is 0. The molecule has 9 radical (unpaired) electrons. The van der Waals surface area contributed by atoms with E-state index in [9.17, 15) is 0 Å². The van der Waals surface area contributed by atoms with Gasteiger partial charge in [-0.25, -0.2) is 0 Å². The third-order valence-electron chi connectivity index (χ3n) is 0. The maximum atomic E-state index is 0. The topological polar surface area (TPSA) is 33.5 Å². The van der Waals surface area contributed by atoms with Crippen molar-refractivity contribution < 1.29 is 20.1 Å². The minimum atomic E-state index is 0. The van der Waals surface area contributed by atoms with Crippen LogP contribution in [0.1, 0.15) is 0 Å². The van der Waals surface area contributed by atoms with E-state index >= 15 is 0 Å². The molecule has 0 saturated heterocycles. The molecule has 5 heteroatoms. The number of nitrogens with two attached hydrogens (primary N) is 1. The molecule has 0 bridgehead atoms. The molecule has 0 aliphatic rings. The van der Waals surface area contributed by atoms with Crippen molar-refractivity contribution in [1.29, 1.82) is 0 Å². The molecule has 0 unspecified atom stereocenters. The van der Waals surface area contributed by atoms with Gasteiger partial charge in [-0.15, -0.1) is 0 Å². The van der Waals surface area contributed by atoms with Gasteiger partial charge in [-0.2, -0.15) is 0 Å². The van der Waals surface area contributed by atoms with Crippen LogP contribution in [0.15, 0.2) is 0 Å². The van der Waals surface area contributed by atoms with Crippen molar-refractivity contribution in [3.63, 3.8) is 0 Å². The molecule has 39 valence electrons. The Morgan fingerprint density at radius 3 is 0.571 bits per heavy atom. The van der Waals surface area contributed by atoms with Gasteiger partial charge in [0.25, 0.3) is 0 Å². The van der Waals surface area contributed by atoms with E-state index in [1.165, 1.54) is 0 Å². The molecule has 0 rings (SSSR count). The molecule has 0 aromatic rings. The van der Waals surface area contributed by atoms with Crippen LogP contribution < -0.4 is 0 Å². The molecule has 7 heavy (non-hydrogen) atoms. The first-order valence-electron chi connectivity index (χ1n) is 0. The monoisotopic (exact) mass is 272 g/mol. The van der Waals surface area contributed by atoms with Crippen LogP contribution in [0.2, 0.25) is 0 Å². The average molecular weight is 271 g/mol. The fourth-order valence-corrected chi connectivity index (χ4v) is 0. The quantitative estimate of drug-likeness (QED) is 0.453. The van der Waals surface area contributed by atoms with Crippen molar-refractivity contribution in [3.05, 3.63) is 21.0 Å². The summed E-state index contributed by atoms with van der Waals surface area (Å²) < 4.78 is 0. The van der Waals surface area contributed by atoms with E-state index in [1.54, 1.807) is 0 Å². The van der Waals surface area contributed by atoms with Crippen LogP contribution in [0.25, 0.3) is 6.15 Å². The molecule has 0 aliphatic carbocycles. The third kappa shape index (κ3) is 243. The molecular formula is C2H8B3IrN. The summed E-state index contributed by atoms with van der Waals surface area (Å²) in [4.78, 5) is 0. The second kappa shape index (κ2) is 354. The van der Waals surface area contributed by atoms with E-state index in [1.807, 2.05) is 0 Å². The predicted octanol–water partition coefficient (Wildman–Crippen LogP) is 0.473. The zero-order valence-electron chi connectivity index (χ0n) is 4.64. The minimum absolute atomic E-state index is 0. The maximum absolute atomic E-state index is 0. The van der Waals surface area contributed by atoms with Crippen molar-refractivity contribution in [2.75, 3.05) is 0 Å². The first-order chi connectivity index (χ1) is 0. The zero-order chi connectivity index (χ0) is 0.